The van der Waals surface area contributed by atoms with Crippen LogP contribution in [0.25, 0.3) is 0 Å². The van der Waals surface area contributed by atoms with Crippen molar-refractivity contribution in [1.29, 1.82) is 0 Å². The van der Waals surface area contributed by atoms with Gasteiger partial charge in [0.2, 0.25) is 5.91 Å². The van der Waals surface area contributed by atoms with Crippen LogP contribution in [0.4, 0.5) is 5.82 Å². The van der Waals surface area contributed by atoms with Crippen molar-refractivity contribution in [1.82, 2.24) is 14.9 Å². The van der Waals surface area contributed by atoms with Gasteiger partial charge in [-0.2, -0.15) is 11.8 Å². The Morgan fingerprint density at radius 1 is 1.28 bits per heavy atom. The molecule has 3 heterocycles. The molecule has 0 spiro atoms. The quantitative estimate of drug-likeness (QED) is 0.778. The average Bonchev–Trinajstić information content (AvgIpc) is 2.39. The average molecular weight is 264 g/mol. The Labute approximate surface area is 111 Å². The Bertz CT molecular complexity index is 415. The third kappa shape index (κ3) is 2.29. The summed E-state index contributed by atoms with van der Waals surface area (Å²) >= 11 is 1.93. The Balaban J connectivity index is 1.54. The van der Waals surface area contributed by atoms with Gasteiger partial charge >= 0.3 is 0 Å². The normalized spacial score (nSPS) is 20.7. The third-order valence-electron chi connectivity index (χ3n) is 3.43. The highest BCUT2D eigenvalue weighted by Crippen LogP contribution is 2.24. The van der Waals surface area contributed by atoms with Crippen molar-refractivity contribution in [3.63, 3.8) is 0 Å². The second-order valence-corrected chi connectivity index (χ2v) is 5.83. The van der Waals surface area contributed by atoms with Gasteiger partial charge in [0.05, 0.1) is 12.1 Å². The van der Waals surface area contributed by atoms with Gasteiger partial charge in [-0.05, 0) is 0 Å². The Hall–Kier alpha value is -1.30. The summed E-state index contributed by atoms with van der Waals surface area (Å²) in [7, 11) is 0. The highest BCUT2D eigenvalue weighted by molar-refractivity contribution is 7.99. The molecule has 96 valence electrons. The van der Waals surface area contributed by atoms with Gasteiger partial charge in [-0.3, -0.25) is 9.78 Å². The SMILES string of the molecule is O=C(C1CN(c2cnccn2)C1)N1CCSCC1. The molecule has 0 saturated carbocycles. The summed E-state index contributed by atoms with van der Waals surface area (Å²) in [5, 5.41) is 0. The molecule has 0 aromatic carbocycles. The molecule has 6 heteroatoms. The Morgan fingerprint density at radius 2 is 2.06 bits per heavy atom. The van der Waals surface area contributed by atoms with Crippen molar-refractivity contribution in [2.24, 2.45) is 5.92 Å². The van der Waals surface area contributed by atoms with Gasteiger partial charge in [0, 0.05) is 50.1 Å². The number of carbonyl (C=O) groups is 1. The van der Waals surface area contributed by atoms with Crippen LogP contribution < -0.4 is 4.90 Å². The van der Waals surface area contributed by atoms with E-state index in [2.05, 4.69) is 14.9 Å². The molecule has 1 aromatic rings. The number of hydrogen-bond donors (Lipinski definition) is 0. The lowest BCUT2D eigenvalue weighted by Gasteiger charge is -2.41. The first-order valence-corrected chi connectivity index (χ1v) is 7.37. The first-order valence-electron chi connectivity index (χ1n) is 6.22. The Kier molecular flexibility index (Phi) is 3.36. The molecule has 1 aromatic heterocycles. The van der Waals surface area contributed by atoms with E-state index in [1.807, 2.05) is 16.7 Å². The smallest absolute Gasteiger partial charge is 0.229 e. The summed E-state index contributed by atoms with van der Waals surface area (Å²) in [4.78, 5) is 24.6. The maximum Gasteiger partial charge on any atom is 0.229 e. The maximum absolute atomic E-state index is 12.2. The van der Waals surface area contributed by atoms with Crippen molar-refractivity contribution in [2.75, 3.05) is 42.6 Å². The molecule has 0 aliphatic carbocycles. The van der Waals surface area contributed by atoms with Crippen LogP contribution in [0.15, 0.2) is 18.6 Å². The van der Waals surface area contributed by atoms with Gasteiger partial charge in [0.25, 0.3) is 0 Å². The summed E-state index contributed by atoms with van der Waals surface area (Å²) in [5.41, 5.74) is 0. The largest absolute Gasteiger partial charge is 0.354 e. The molecule has 1 amide bonds. The second-order valence-electron chi connectivity index (χ2n) is 4.60. The first-order chi connectivity index (χ1) is 8.84. The summed E-state index contributed by atoms with van der Waals surface area (Å²) in [6.45, 7) is 3.37. The van der Waals surface area contributed by atoms with Crippen molar-refractivity contribution in [3.05, 3.63) is 18.6 Å². The van der Waals surface area contributed by atoms with Gasteiger partial charge in [-0.1, -0.05) is 0 Å². The van der Waals surface area contributed by atoms with Gasteiger partial charge in [-0.15, -0.1) is 0 Å². The minimum absolute atomic E-state index is 0.148. The van der Waals surface area contributed by atoms with Crippen LogP contribution in [0, 0.1) is 5.92 Å². The third-order valence-corrected chi connectivity index (χ3v) is 4.37. The molecule has 2 saturated heterocycles. The predicted molar refractivity (Wildman–Crippen MR) is 71.6 cm³/mol. The number of thioether (sulfide) groups is 1. The number of anilines is 1. The number of carbonyl (C=O) groups excluding carboxylic acids is 1. The first kappa shape index (κ1) is 11.8. The highest BCUT2D eigenvalue weighted by atomic mass is 32.2. The van der Waals surface area contributed by atoms with Gasteiger partial charge < -0.3 is 9.80 Å². The zero-order valence-electron chi connectivity index (χ0n) is 10.2. The van der Waals surface area contributed by atoms with E-state index in [-0.39, 0.29) is 5.92 Å². The highest BCUT2D eigenvalue weighted by Gasteiger charge is 2.36. The van der Waals surface area contributed by atoms with Crippen molar-refractivity contribution in [3.8, 4) is 0 Å². The second kappa shape index (κ2) is 5.14. The lowest BCUT2D eigenvalue weighted by atomic mass is 9.98. The van der Waals surface area contributed by atoms with Crippen LogP contribution in [0.1, 0.15) is 0 Å². The standard InChI is InChI=1S/C12H16N4OS/c17-12(15-3-5-18-6-4-15)10-8-16(9-10)11-7-13-1-2-14-11/h1-2,7,10H,3-6,8-9H2. The molecule has 0 atom stereocenters. The van der Waals surface area contributed by atoms with E-state index in [0.717, 1.165) is 43.5 Å². The van der Waals surface area contributed by atoms with Crippen LogP contribution in [0.3, 0.4) is 0 Å². The molecule has 0 bridgehead atoms. The van der Waals surface area contributed by atoms with Crippen LogP contribution in [0.5, 0.6) is 0 Å². The topological polar surface area (TPSA) is 49.3 Å². The maximum atomic E-state index is 12.2. The molecule has 5 nitrogen and oxygen atoms in total. The van der Waals surface area contributed by atoms with Gasteiger partial charge in [0.1, 0.15) is 5.82 Å². The van der Waals surface area contributed by atoms with Gasteiger partial charge in [0.15, 0.2) is 0 Å². The predicted octanol–water partition coefficient (Wildman–Crippen LogP) is 0.488. The molecule has 2 aliphatic rings. The summed E-state index contributed by atoms with van der Waals surface area (Å²) in [5.74, 6) is 3.49. The van der Waals surface area contributed by atoms with Crippen LogP contribution in [-0.4, -0.2) is 58.5 Å². The van der Waals surface area contributed by atoms with E-state index in [4.69, 9.17) is 0 Å². The van der Waals surface area contributed by atoms with Crippen molar-refractivity contribution >= 4 is 23.5 Å². The fraction of sp³-hybridized carbons (Fsp3) is 0.583. The zero-order chi connectivity index (χ0) is 12.4. The van der Waals surface area contributed by atoms with E-state index < -0.39 is 0 Å². The summed E-state index contributed by atoms with van der Waals surface area (Å²) in [6.07, 6.45) is 5.10. The fourth-order valence-electron chi connectivity index (χ4n) is 2.32. The molecule has 3 rings (SSSR count). The minimum atomic E-state index is 0.148. The lowest BCUT2D eigenvalue weighted by molar-refractivity contribution is -0.135. The van der Waals surface area contributed by atoms with E-state index in [9.17, 15) is 4.79 Å². The summed E-state index contributed by atoms with van der Waals surface area (Å²) in [6, 6.07) is 0. The van der Waals surface area contributed by atoms with E-state index in [0.29, 0.717) is 5.91 Å². The molecule has 18 heavy (non-hydrogen) atoms. The number of aromatic nitrogens is 2. The van der Waals surface area contributed by atoms with Crippen LogP contribution in [-0.2, 0) is 4.79 Å². The zero-order valence-corrected chi connectivity index (χ0v) is 11.0. The van der Waals surface area contributed by atoms with Crippen LogP contribution >= 0.6 is 11.8 Å². The summed E-state index contributed by atoms with van der Waals surface area (Å²) < 4.78 is 0. The number of rotatable bonds is 2. The molecule has 0 unspecified atom stereocenters. The Morgan fingerprint density at radius 3 is 2.72 bits per heavy atom. The van der Waals surface area contributed by atoms with Crippen molar-refractivity contribution in [2.45, 2.75) is 0 Å². The molecule has 2 aliphatic heterocycles. The molecular formula is C12H16N4OS. The van der Waals surface area contributed by atoms with E-state index in [1.165, 1.54) is 0 Å². The number of hydrogen-bond acceptors (Lipinski definition) is 5. The molecule has 0 radical (unpaired) electrons. The van der Waals surface area contributed by atoms with Crippen molar-refractivity contribution < 1.29 is 4.79 Å². The fourth-order valence-corrected chi connectivity index (χ4v) is 3.22. The van der Waals surface area contributed by atoms with E-state index in [1.54, 1.807) is 18.6 Å². The molecule has 0 N–H and O–H groups in total. The lowest BCUT2D eigenvalue weighted by Crippen LogP contribution is -2.56. The molecular weight excluding hydrogens is 248 g/mol. The van der Waals surface area contributed by atoms with E-state index >= 15 is 0 Å². The number of nitrogens with zero attached hydrogens (tertiary/aromatic N) is 4. The van der Waals surface area contributed by atoms with Gasteiger partial charge in [-0.25, -0.2) is 4.98 Å². The molecule has 2 fully saturated rings. The monoisotopic (exact) mass is 264 g/mol. The number of amides is 1. The van der Waals surface area contributed by atoms with Crippen LogP contribution in [0.2, 0.25) is 0 Å². The minimum Gasteiger partial charge on any atom is -0.354 e.